The maximum atomic E-state index is 12.3. The molecule has 0 aromatic heterocycles. The maximum Gasteiger partial charge on any atom is 0.407 e. The highest BCUT2D eigenvalue weighted by atomic mass is 16.6. The highest BCUT2D eigenvalue weighted by Gasteiger charge is 2.29. The van der Waals surface area contributed by atoms with Crippen LogP contribution in [0, 0.1) is 0 Å². The van der Waals surface area contributed by atoms with Crippen LogP contribution in [0.25, 0.3) is 11.1 Å². The van der Waals surface area contributed by atoms with Crippen molar-refractivity contribution in [2.75, 3.05) is 178 Å². The molecule has 0 radical (unpaired) electrons. The van der Waals surface area contributed by atoms with E-state index < -0.39 is 17.8 Å². The normalized spacial score (nSPS) is 12.3. The van der Waals surface area contributed by atoms with E-state index in [1.54, 1.807) is 0 Å². The number of hydrogen-bond acceptors (Lipinski definition) is 16. The quantitative estimate of drug-likeness (QED) is 0.0901. The lowest BCUT2D eigenvalue weighted by Crippen LogP contribution is -2.34. The number of alkyl carbamates (subject to hydrolysis) is 2. The van der Waals surface area contributed by atoms with E-state index in [4.69, 9.17) is 66.3 Å². The van der Waals surface area contributed by atoms with Crippen molar-refractivity contribution < 1.29 is 75.9 Å². The summed E-state index contributed by atoms with van der Waals surface area (Å²) < 4.78 is 76.6. The molecule has 0 saturated heterocycles. The van der Waals surface area contributed by atoms with Gasteiger partial charge in [-0.2, -0.15) is 0 Å². The third-order valence-electron chi connectivity index (χ3n) is 8.87. The van der Waals surface area contributed by atoms with Crippen LogP contribution in [0.5, 0.6) is 0 Å². The van der Waals surface area contributed by atoms with Gasteiger partial charge in [0.05, 0.1) is 159 Å². The molecule has 364 valence electrons. The molecule has 0 heterocycles. The number of carbonyl (C=O) groups is 2. The molecular formula is C46H74N2O16. The molecule has 0 atom stereocenters. The van der Waals surface area contributed by atoms with E-state index in [-0.39, 0.29) is 12.5 Å². The molecule has 3 rings (SSSR count). The largest absolute Gasteiger partial charge is 0.449 e. The van der Waals surface area contributed by atoms with Gasteiger partial charge in [0.2, 0.25) is 0 Å². The third-order valence-corrected chi connectivity index (χ3v) is 8.87. The van der Waals surface area contributed by atoms with E-state index in [9.17, 15) is 9.59 Å². The Labute approximate surface area is 379 Å². The van der Waals surface area contributed by atoms with Crippen molar-refractivity contribution in [3.63, 3.8) is 0 Å². The van der Waals surface area contributed by atoms with Crippen molar-refractivity contribution in [1.29, 1.82) is 0 Å². The monoisotopic (exact) mass is 911 g/mol. The average Bonchev–Trinajstić information content (AvgIpc) is 3.60. The molecular weight excluding hydrogens is 837 g/mol. The van der Waals surface area contributed by atoms with Crippen LogP contribution in [0.4, 0.5) is 9.59 Å². The number of fused-ring (bicyclic) bond motifs is 3. The number of ether oxygens (including phenoxy) is 14. The number of nitrogens with one attached hydrogen (secondary N) is 2. The zero-order valence-corrected chi connectivity index (χ0v) is 38.3. The minimum atomic E-state index is -0.519. The Kier molecular flexibility index (Phi) is 31.4. The van der Waals surface area contributed by atoms with Crippen molar-refractivity contribution >= 4 is 12.2 Å². The molecule has 0 aliphatic heterocycles. The summed E-state index contributed by atoms with van der Waals surface area (Å²) in [5.41, 5.74) is 4.24. The van der Waals surface area contributed by atoms with Gasteiger partial charge in [-0.1, -0.05) is 48.5 Å². The number of carbonyl (C=O) groups excluding carboxylic acids is 2. The van der Waals surface area contributed by atoms with Crippen LogP contribution in [0.15, 0.2) is 48.5 Å². The van der Waals surface area contributed by atoms with E-state index in [1.807, 2.05) is 45.0 Å². The second-order valence-electron chi connectivity index (χ2n) is 15.0. The SMILES string of the molecule is CC(C)(C)OC(=O)NCCOCCOCCOCCOCCOCCOCCOCCOCCOCCOCCOCCOCCNC(=O)OCC1c2ccccc2-c2ccccc21. The Hall–Kier alpha value is -3.50. The summed E-state index contributed by atoms with van der Waals surface area (Å²) >= 11 is 0. The second kappa shape index (κ2) is 36.7. The predicted molar refractivity (Wildman–Crippen MR) is 237 cm³/mol. The first-order chi connectivity index (χ1) is 31.3. The molecule has 1 aliphatic rings. The molecule has 0 spiro atoms. The van der Waals surface area contributed by atoms with Gasteiger partial charge in [-0.05, 0) is 43.0 Å². The Morgan fingerprint density at radius 1 is 0.406 bits per heavy atom. The Balaban J connectivity index is 0.913. The summed E-state index contributed by atoms with van der Waals surface area (Å²) in [7, 11) is 0. The zero-order valence-electron chi connectivity index (χ0n) is 38.3. The van der Waals surface area contributed by atoms with Crippen molar-refractivity contribution in [2.24, 2.45) is 0 Å². The zero-order chi connectivity index (χ0) is 45.6. The first-order valence-electron chi connectivity index (χ1n) is 22.3. The highest BCUT2D eigenvalue weighted by Crippen LogP contribution is 2.44. The summed E-state index contributed by atoms with van der Waals surface area (Å²) in [5.74, 6) is 0.0310. The van der Waals surface area contributed by atoms with E-state index in [1.165, 1.54) is 22.3 Å². The number of amides is 2. The van der Waals surface area contributed by atoms with E-state index in [2.05, 4.69) is 34.9 Å². The van der Waals surface area contributed by atoms with Gasteiger partial charge < -0.3 is 76.9 Å². The lowest BCUT2D eigenvalue weighted by Gasteiger charge is -2.19. The van der Waals surface area contributed by atoms with Crippen molar-refractivity contribution in [3.8, 4) is 11.1 Å². The first kappa shape index (κ1) is 54.8. The van der Waals surface area contributed by atoms with Crippen LogP contribution in [-0.4, -0.2) is 196 Å². The topological polar surface area (TPSA) is 187 Å². The second-order valence-corrected chi connectivity index (χ2v) is 15.0. The maximum absolute atomic E-state index is 12.3. The fraction of sp³-hybridized carbons (Fsp3) is 0.696. The standard InChI is InChI=1S/C46H74N2O16/c1-46(2,3)64-45(50)48-13-15-52-17-19-54-21-23-56-25-27-58-29-31-60-33-35-62-37-36-61-34-32-59-30-28-57-26-24-55-22-20-53-18-16-51-14-12-47-44(49)63-38-43-41-10-6-4-8-39(41)40-9-5-7-11-42(40)43/h4-11,43H,12-38H2,1-3H3,(H,47,49)(H,48,50). The molecule has 0 fully saturated rings. The highest BCUT2D eigenvalue weighted by molar-refractivity contribution is 5.79. The lowest BCUT2D eigenvalue weighted by atomic mass is 9.98. The molecule has 18 nitrogen and oxygen atoms in total. The minimum absolute atomic E-state index is 0.0310. The van der Waals surface area contributed by atoms with Gasteiger partial charge >= 0.3 is 12.2 Å². The predicted octanol–water partition coefficient (Wildman–Crippen LogP) is 4.25. The molecule has 2 aromatic rings. The van der Waals surface area contributed by atoms with Crippen LogP contribution in [0.2, 0.25) is 0 Å². The fourth-order valence-corrected chi connectivity index (χ4v) is 5.94. The molecule has 64 heavy (non-hydrogen) atoms. The summed E-state index contributed by atoms with van der Waals surface area (Å²) in [6.45, 7) is 17.5. The van der Waals surface area contributed by atoms with E-state index >= 15 is 0 Å². The van der Waals surface area contributed by atoms with Crippen LogP contribution in [0.1, 0.15) is 37.8 Å². The average molecular weight is 911 g/mol. The number of hydrogen-bond donors (Lipinski definition) is 2. The third kappa shape index (κ3) is 27.7. The molecule has 0 unspecified atom stereocenters. The molecule has 0 saturated carbocycles. The molecule has 2 N–H and O–H groups in total. The molecule has 18 heteroatoms. The molecule has 2 aromatic carbocycles. The van der Waals surface area contributed by atoms with Crippen molar-refractivity contribution in [3.05, 3.63) is 59.7 Å². The molecule has 0 bridgehead atoms. The van der Waals surface area contributed by atoms with Crippen LogP contribution in [-0.2, 0) is 66.3 Å². The number of rotatable bonds is 41. The van der Waals surface area contributed by atoms with Gasteiger partial charge in [-0.15, -0.1) is 0 Å². The Bertz CT molecular complexity index is 1420. The van der Waals surface area contributed by atoms with Gasteiger partial charge in [0, 0.05) is 19.0 Å². The smallest absolute Gasteiger partial charge is 0.407 e. The minimum Gasteiger partial charge on any atom is -0.449 e. The summed E-state index contributed by atoms with van der Waals surface area (Å²) in [6, 6.07) is 16.5. The molecule has 2 amide bonds. The van der Waals surface area contributed by atoms with Gasteiger partial charge in [-0.3, -0.25) is 0 Å². The van der Waals surface area contributed by atoms with Gasteiger partial charge in [0.15, 0.2) is 0 Å². The summed E-state index contributed by atoms with van der Waals surface area (Å²) in [6.07, 6.45) is -0.914. The first-order valence-corrected chi connectivity index (χ1v) is 22.3. The fourth-order valence-electron chi connectivity index (χ4n) is 5.94. The van der Waals surface area contributed by atoms with E-state index in [0.717, 1.165) is 0 Å². The summed E-state index contributed by atoms with van der Waals surface area (Å²) in [4.78, 5) is 23.8. The summed E-state index contributed by atoms with van der Waals surface area (Å²) in [5, 5.41) is 5.37. The van der Waals surface area contributed by atoms with Gasteiger partial charge in [0.1, 0.15) is 12.2 Å². The van der Waals surface area contributed by atoms with Gasteiger partial charge in [-0.25, -0.2) is 9.59 Å². The van der Waals surface area contributed by atoms with E-state index in [0.29, 0.717) is 172 Å². The van der Waals surface area contributed by atoms with Crippen LogP contribution in [0.3, 0.4) is 0 Å². The number of benzene rings is 2. The van der Waals surface area contributed by atoms with Crippen molar-refractivity contribution in [2.45, 2.75) is 32.3 Å². The van der Waals surface area contributed by atoms with Crippen molar-refractivity contribution in [1.82, 2.24) is 10.6 Å². The van der Waals surface area contributed by atoms with Crippen LogP contribution < -0.4 is 10.6 Å². The van der Waals surface area contributed by atoms with Gasteiger partial charge in [0.25, 0.3) is 0 Å². The Morgan fingerprint density at radius 3 is 0.969 bits per heavy atom. The Morgan fingerprint density at radius 2 is 0.672 bits per heavy atom. The van der Waals surface area contributed by atoms with Crippen LogP contribution >= 0.6 is 0 Å². The molecule has 1 aliphatic carbocycles. The lowest BCUT2D eigenvalue weighted by molar-refractivity contribution is -0.0283.